The molecule has 36 heavy (non-hydrogen) atoms. The van der Waals surface area contributed by atoms with E-state index in [4.69, 9.17) is 0 Å². The molecule has 8 nitrogen and oxygen atoms in total. The highest BCUT2D eigenvalue weighted by Crippen LogP contribution is 2.26. The monoisotopic (exact) mass is 491 g/mol. The third kappa shape index (κ3) is 5.27. The highest BCUT2D eigenvalue weighted by atomic mass is 19.2. The number of para-hydroxylation sites is 1. The van der Waals surface area contributed by atoms with Crippen molar-refractivity contribution in [2.45, 2.75) is 25.6 Å². The van der Waals surface area contributed by atoms with Gasteiger partial charge in [-0.2, -0.15) is 0 Å². The molecule has 0 saturated heterocycles. The smallest absolute Gasteiger partial charge is 0.272 e. The number of likely N-dealkylation sites (N-methyl/N-ethyl adjacent to an activating group) is 1. The number of nitrogens with one attached hydrogen (secondary N) is 2. The minimum absolute atomic E-state index is 0.252. The highest BCUT2D eigenvalue weighted by Gasteiger charge is 2.32. The van der Waals surface area contributed by atoms with E-state index in [9.17, 15) is 23.2 Å². The van der Waals surface area contributed by atoms with Gasteiger partial charge in [0.1, 0.15) is 6.04 Å². The van der Waals surface area contributed by atoms with Gasteiger partial charge in [0.15, 0.2) is 11.6 Å². The molecular formula is C26H23F2N5O3. The van der Waals surface area contributed by atoms with Gasteiger partial charge in [-0.25, -0.2) is 13.8 Å². The fraction of sp³-hybridized carbons (Fsp3) is 0.192. The van der Waals surface area contributed by atoms with Crippen LogP contribution in [0.3, 0.4) is 0 Å². The summed E-state index contributed by atoms with van der Waals surface area (Å²) in [5.41, 5.74) is 2.50. The molecule has 0 saturated carbocycles. The number of carbonyl (C=O) groups excluding carboxylic acids is 3. The first kappa shape index (κ1) is 24.6. The van der Waals surface area contributed by atoms with E-state index in [1.165, 1.54) is 17.9 Å². The van der Waals surface area contributed by atoms with Gasteiger partial charge in [-0.05, 0) is 42.8 Å². The quantitative estimate of drug-likeness (QED) is 0.553. The number of carbonyl (C=O) groups is 3. The molecule has 0 radical (unpaired) electrons. The Morgan fingerprint density at radius 2 is 1.81 bits per heavy atom. The van der Waals surface area contributed by atoms with Crippen LogP contribution in [-0.2, 0) is 20.8 Å². The fourth-order valence-electron chi connectivity index (χ4n) is 3.78. The summed E-state index contributed by atoms with van der Waals surface area (Å²) >= 11 is 0. The molecule has 3 aromatic rings. The third-order valence-corrected chi connectivity index (χ3v) is 5.65. The van der Waals surface area contributed by atoms with Crippen molar-refractivity contribution < 1.29 is 23.2 Å². The van der Waals surface area contributed by atoms with Crippen LogP contribution < -0.4 is 15.5 Å². The zero-order chi connectivity index (χ0) is 25.8. The molecule has 0 bridgehead atoms. The maximum absolute atomic E-state index is 13.4. The number of benzene rings is 2. The Labute approximate surface area is 206 Å². The van der Waals surface area contributed by atoms with Crippen LogP contribution in [0.1, 0.15) is 23.7 Å². The Morgan fingerprint density at radius 1 is 1.06 bits per heavy atom. The van der Waals surface area contributed by atoms with Crippen LogP contribution in [0, 0.1) is 11.6 Å². The first-order valence-corrected chi connectivity index (χ1v) is 11.1. The SMILES string of the molecule is C[C@H](NC(=O)Cc1ccc(F)c(F)c1)C(=O)NC1N=C(c2ccccn2)c2ccccc2N(C)C1=O. The Morgan fingerprint density at radius 3 is 2.53 bits per heavy atom. The maximum atomic E-state index is 13.4. The van der Waals surface area contributed by atoms with Gasteiger partial charge < -0.3 is 15.5 Å². The number of aromatic nitrogens is 1. The second-order valence-corrected chi connectivity index (χ2v) is 8.23. The average molecular weight is 491 g/mol. The number of hydrogen-bond acceptors (Lipinski definition) is 5. The van der Waals surface area contributed by atoms with Gasteiger partial charge in [-0.3, -0.25) is 19.4 Å². The van der Waals surface area contributed by atoms with Crippen LogP contribution in [-0.4, -0.2) is 47.7 Å². The van der Waals surface area contributed by atoms with Crippen molar-refractivity contribution in [3.8, 4) is 0 Å². The van der Waals surface area contributed by atoms with E-state index in [2.05, 4.69) is 20.6 Å². The molecular weight excluding hydrogens is 468 g/mol. The van der Waals surface area contributed by atoms with Crippen molar-refractivity contribution in [3.63, 3.8) is 0 Å². The molecule has 0 aliphatic carbocycles. The van der Waals surface area contributed by atoms with Crippen molar-refractivity contribution in [1.29, 1.82) is 0 Å². The number of nitrogens with zero attached hydrogens (tertiary/aromatic N) is 3. The topological polar surface area (TPSA) is 104 Å². The van der Waals surface area contributed by atoms with Crippen molar-refractivity contribution in [2.24, 2.45) is 4.99 Å². The molecule has 3 amide bonds. The lowest BCUT2D eigenvalue weighted by Crippen LogP contribution is -2.52. The van der Waals surface area contributed by atoms with Crippen LogP contribution in [0.2, 0.25) is 0 Å². The van der Waals surface area contributed by atoms with Crippen LogP contribution in [0.25, 0.3) is 0 Å². The third-order valence-electron chi connectivity index (χ3n) is 5.65. The summed E-state index contributed by atoms with van der Waals surface area (Å²) in [7, 11) is 1.59. The van der Waals surface area contributed by atoms with E-state index < -0.39 is 41.6 Å². The number of fused-ring (bicyclic) bond motifs is 1. The Balaban J connectivity index is 1.52. The lowest BCUT2D eigenvalue weighted by Gasteiger charge is -2.22. The van der Waals surface area contributed by atoms with Gasteiger partial charge in [0.05, 0.1) is 23.5 Å². The van der Waals surface area contributed by atoms with Crippen LogP contribution >= 0.6 is 0 Å². The first-order chi connectivity index (χ1) is 17.2. The number of anilines is 1. The molecule has 184 valence electrons. The second-order valence-electron chi connectivity index (χ2n) is 8.23. The molecule has 2 heterocycles. The number of amides is 3. The number of pyridine rings is 1. The van der Waals surface area contributed by atoms with Gasteiger partial charge in [-0.15, -0.1) is 0 Å². The number of halogens is 2. The molecule has 1 aliphatic rings. The zero-order valence-corrected chi connectivity index (χ0v) is 19.5. The van der Waals surface area contributed by atoms with E-state index in [1.807, 2.05) is 12.1 Å². The van der Waals surface area contributed by atoms with Gasteiger partial charge in [0, 0.05) is 18.8 Å². The molecule has 1 aliphatic heterocycles. The molecule has 1 aromatic heterocycles. The summed E-state index contributed by atoms with van der Waals surface area (Å²) < 4.78 is 26.5. The fourth-order valence-corrected chi connectivity index (χ4v) is 3.78. The molecule has 2 N–H and O–H groups in total. The lowest BCUT2D eigenvalue weighted by atomic mass is 10.0. The molecule has 4 rings (SSSR count). The van der Waals surface area contributed by atoms with Crippen LogP contribution in [0.5, 0.6) is 0 Å². The number of benzodiazepines with no additional fused rings is 1. The largest absolute Gasteiger partial charge is 0.344 e. The van der Waals surface area contributed by atoms with Gasteiger partial charge in [-0.1, -0.05) is 30.3 Å². The lowest BCUT2D eigenvalue weighted by molar-refractivity contribution is -0.130. The number of hydrogen-bond donors (Lipinski definition) is 2. The Bertz CT molecular complexity index is 1350. The van der Waals surface area contributed by atoms with Gasteiger partial charge in [0.2, 0.25) is 18.0 Å². The summed E-state index contributed by atoms with van der Waals surface area (Å²) in [6, 6.07) is 14.6. The average Bonchev–Trinajstić information content (AvgIpc) is 2.97. The van der Waals surface area contributed by atoms with E-state index in [0.717, 1.165) is 12.1 Å². The van der Waals surface area contributed by atoms with Crippen molar-refractivity contribution in [1.82, 2.24) is 15.6 Å². The first-order valence-electron chi connectivity index (χ1n) is 11.1. The zero-order valence-electron chi connectivity index (χ0n) is 19.5. The summed E-state index contributed by atoms with van der Waals surface area (Å²) in [5.74, 6) is -3.77. The minimum Gasteiger partial charge on any atom is -0.344 e. The minimum atomic E-state index is -1.27. The molecule has 1 unspecified atom stereocenters. The number of rotatable bonds is 6. The number of aliphatic imine (C=N–C) groups is 1. The second kappa shape index (κ2) is 10.4. The van der Waals surface area contributed by atoms with E-state index in [0.29, 0.717) is 22.7 Å². The predicted octanol–water partition coefficient (Wildman–Crippen LogP) is 2.36. The summed E-state index contributed by atoms with van der Waals surface area (Å²) in [5, 5.41) is 5.09. The van der Waals surface area contributed by atoms with E-state index in [1.54, 1.807) is 43.6 Å². The van der Waals surface area contributed by atoms with Crippen molar-refractivity contribution >= 4 is 29.1 Å². The summed E-state index contributed by atoms with van der Waals surface area (Å²) in [4.78, 5) is 48.7. The van der Waals surface area contributed by atoms with Crippen molar-refractivity contribution in [3.05, 3.63) is 95.3 Å². The van der Waals surface area contributed by atoms with Crippen molar-refractivity contribution in [2.75, 3.05) is 11.9 Å². The van der Waals surface area contributed by atoms with E-state index >= 15 is 0 Å². The molecule has 10 heteroatoms. The molecule has 2 aromatic carbocycles. The van der Waals surface area contributed by atoms with Crippen LogP contribution in [0.4, 0.5) is 14.5 Å². The Hall–Kier alpha value is -4.47. The molecule has 0 fully saturated rings. The molecule has 0 spiro atoms. The van der Waals surface area contributed by atoms with Gasteiger partial charge >= 0.3 is 0 Å². The maximum Gasteiger partial charge on any atom is 0.272 e. The van der Waals surface area contributed by atoms with Gasteiger partial charge in [0.25, 0.3) is 5.91 Å². The predicted molar refractivity (Wildman–Crippen MR) is 129 cm³/mol. The summed E-state index contributed by atoms with van der Waals surface area (Å²) in [6.07, 6.45) is 0.0872. The summed E-state index contributed by atoms with van der Waals surface area (Å²) in [6.45, 7) is 1.45. The standard InChI is InChI=1S/C26H23F2N5O3/c1-15(30-22(34)14-16-10-11-18(27)19(28)13-16)25(35)32-24-26(36)33(2)21-9-4-3-7-17(21)23(31-24)20-8-5-6-12-29-20/h3-13,15,24H,14H2,1-2H3,(H,30,34)(H,32,35)/t15-,24?/m0/s1. The Kier molecular flexibility index (Phi) is 7.14. The van der Waals surface area contributed by atoms with E-state index in [-0.39, 0.29) is 12.0 Å². The molecule has 2 atom stereocenters. The normalized spacial score (nSPS) is 15.9. The highest BCUT2D eigenvalue weighted by molar-refractivity contribution is 6.19. The van der Waals surface area contributed by atoms with Crippen LogP contribution in [0.15, 0.2) is 71.9 Å².